The van der Waals surface area contributed by atoms with Crippen molar-refractivity contribution in [3.05, 3.63) is 0 Å². The molecule has 1 aliphatic carbocycles. The Balaban J connectivity index is 2.10. The van der Waals surface area contributed by atoms with Gasteiger partial charge in [-0.2, -0.15) is 0 Å². The number of nitrogens with zero attached hydrogens (tertiary/aromatic N) is 1. The average Bonchev–Trinajstić information content (AvgIpc) is 2.67. The molecule has 1 saturated carbocycles. The summed E-state index contributed by atoms with van der Waals surface area (Å²) in [7, 11) is 1.76. The van der Waals surface area contributed by atoms with Crippen molar-refractivity contribution in [1.29, 1.82) is 0 Å². The molecule has 1 aliphatic heterocycles. The Morgan fingerprint density at radius 1 is 1.56 bits per heavy atom. The monoisotopic (exact) mass is 226 g/mol. The molecule has 0 aromatic rings. The summed E-state index contributed by atoms with van der Waals surface area (Å²) in [6.07, 6.45) is 4.99. The van der Waals surface area contributed by atoms with Crippen LogP contribution in [0.25, 0.3) is 0 Å². The zero-order valence-electron chi connectivity index (χ0n) is 10.1. The average molecular weight is 226 g/mol. The third-order valence-corrected chi connectivity index (χ3v) is 4.25. The summed E-state index contributed by atoms with van der Waals surface area (Å²) in [5.74, 6) is 0.710. The van der Waals surface area contributed by atoms with Crippen molar-refractivity contribution in [3.63, 3.8) is 0 Å². The molecule has 2 aliphatic rings. The van der Waals surface area contributed by atoms with Crippen molar-refractivity contribution in [2.75, 3.05) is 33.4 Å². The van der Waals surface area contributed by atoms with E-state index in [1.54, 1.807) is 7.11 Å². The Morgan fingerprint density at radius 2 is 2.38 bits per heavy atom. The maximum atomic E-state index is 11.7. The van der Waals surface area contributed by atoms with E-state index in [0.717, 1.165) is 19.7 Å². The van der Waals surface area contributed by atoms with Crippen molar-refractivity contribution < 1.29 is 9.53 Å². The standard InChI is InChI=1S/C12H22N2O2/c1-16-9-12-5-3-2-4-10(12)7-14(8-12)11(15)6-13/h10H,2-9,13H2,1H3. The molecule has 1 heterocycles. The molecule has 4 heteroatoms. The predicted octanol–water partition coefficient (Wildman–Crippen LogP) is 0.610. The summed E-state index contributed by atoms with van der Waals surface area (Å²) in [4.78, 5) is 13.6. The molecule has 0 bridgehead atoms. The summed E-state index contributed by atoms with van der Waals surface area (Å²) in [6, 6.07) is 0. The summed E-state index contributed by atoms with van der Waals surface area (Å²) < 4.78 is 5.38. The van der Waals surface area contributed by atoms with Crippen molar-refractivity contribution >= 4 is 5.91 Å². The molecule has 1 saturated heterocycles. The number of carbonyl (C=O) groups is 1. The maximum Gasteiger partial charge on any atom is 0.236 e. The van der Waals surface area contributed by atoms with Crippen LogP contribution in [0.3, 0.4) is 0 Å². The van der Waals surface area contributed by atoms with Crippen LogP contribution in [0.2, 0.25) is 0 Å². The molecule has 1 amide bonds. The number of methoxy groups -OCH3 is 1. The van der Waals surface area contributed by atoms with E-state index >= 15 is 0 Å². The van der Waals surface area contributed by atoms with E-state index in [4.69, 9.17) is 10.5 Å². The highest BCUT2D eigenvalue weighted by molar-refractivity contribution is 5.78. The molecule has 2 fully saturated rings. The molecule has 4 nitrogen and oxygen atoms in total. The number of rotatable bonds is 3. The summed E-state index contributed by atoms with van der Waals surface area (Å²) >= 11 is 0. The van der Waals surface area contributed by atoms with Crippen LogP contribution in [0.5, 0.6) is 0 Å². The molecule has 0 aromatic carbocycles. The van der Waals surface area contributed by atoms with Crippen LogP contribution in [-0.4, -0.2) is 44.2 Å². The lowest BCUT2D eigenvalue weighted by molar-refractivity contribution is -0.129. The van der Waals surface area contributed by atoms with Crippen molar-refractivity contribution in [3.8, 4) is 0 Å². The van der Waals surface area contributed by atoms with Gasteiger partial charge >= 0.3 is 0 Å². The molecular weight excluding hydrogens is 204 g/mol. The Kier molecular flexibility index (Phi) is 3.50. The van der Waals surface area contributed by atoms with Crippen LogP contribution >= 0.6 is 0 Å². The summed E-state index contributed by atoms with van der Waals surface area (Å²) in [5.41, 5.74) is 5.66. The minimum atomic E-state index is 0.0879. The smallest absolute Gasteiger partial charge is 0.236 e. The zero-order valence-corrected chi connectivity index (χ0v) is 10.1. The Bertz CT molecular complexity index is 266. The summed E-state index contributed by atoms with van der Waals surface area (Å²) in [5, 5.41) is 0. The number of likely N-dealkylation sites (tertiary alicyclic amines) is 1. The summed E-state index contributed by atoms with van der Waals surface area (Å²) in [6.45, 7) is 2.66. The van der Waals surface area contributed by atoms with E-state index in [9.17, 15) is 4.79 Å². The fourth-order valence-electron chi connectivity index (χ4n) is 3.42. The second-order valence-corrected chi connectivity index (χ2v) is 5.22. The normalized spacial score (nSPS) is 33.9. The van der Waals surface area contributed by atoms with Crippen LogP contribution in [0.4, 0.5) is 0 Å². The fraction of sp³-hybridized carbons (Fsp3) is 0.917. The number of nitrogens with two attached hydrogens (primary N) is 1. The van der Waals surface area contributed by atoms with Gasteiger partial charge in [-0.3, -0.25) is 4.79 Å². The first kappa shape index (κ1) is 11.9. The lowest BCUT2D eigenvalue weighted by Crippen LogP contribution is -2.39. The Labute approximate surface area is 97.1 Å². The Hall–Kier alpha value is -0.610. The number of ether oxygens (including phenoxy) is 1. The molecule has 92 valence electrons. The molecular formula is C12H22N2O2. The van der Waals surface area contributed by atoms with Gasteiger partial charge in [0, 0.05) is 25.6 Å². The Morgan fingerprint density at radius 3 is 3.06 bits per heavy atom. The van der Waals surface area contributed by atoms with Gasteiger partial charge in [-0.15, -0.1) is 0 Å². The van der Waals surface area contributed by atoms with Crippen molar-refractivity contribution in [2.24, 2.45) is 17.1 Å². The number of carbonyl (C=O) groups excluding carboxylic acids is 1. The number of fused-ring (bicyclic) bond motifs is 1. The van der Waals surface area contributed by atoms with Crippen LogP contribution in [0, 0.1) is 11.3 Å². The first-order chi connectivity index (χ1) is 7.72. The number of hydrogen-bond acceptors (Lipinski definition) is 3. The molecule has 2 unspecified atom stereocenters. The second-order valence-electron chi connectivity index (χ2n) is 5.22. The molecule has 0 radical (unpaired) electrons. The third-order valence-electron chi connectivity index (χ3n) is 4.25. The van der Waals surface area contributed by atoms with Crippen LogP contribution in [-0.2, 0) is 9.53 Å². The van der Waals surface area contributed by atoms with Crippen LogP contribution in [0.1, 0.15) is 25.7 Å². The molecule has 2 N–H and O–H groups in total. The third kappa shape index (κ3) is 1.96. The second kappa shape index (κ2) is 4.72. The zero-order chi connectivity index (χ0) is 11.6. The lowest BCUT2D eigenvalue weighted by atomic mass is 9.69. The van der Waals surface area contributed by atoms with E-state index < -0.39 is 0 Å². The van der Waals surface area contributed by atoms with Crippen LogP contribution < -0.4 is 5.73 Å². The first-order valence-electron chi connectivity index (χ1n) is 6.18. The van der Waals surface area contributed by atoms with Gasteiger partial charge in [-0.1, -0.05) is 12.8 Å². The fourth-order valence-corrected chi connectivity index (χ4v) is 3.42. The van der Waals surface area contributed by atoms with Crippen molar-refractivity contribution in [2.45, 2.75) is 25.7 Å². The number of hydrogen-bond donors (Lipinski definition) is 1. The maximum absolute atomic E-state index is 11.7. The van der Waals surface area contributed by atoms with E-state index in [0.29, 0.717) is 5.92 Å². The highest BCUT2D eigenvalue weighted by atomic mass is 16.5. The van der Waals surface area contributed by atoms with E-state index in [-0.39, 0.29) is 17.9 Å². The van der Waals surface area contributed by atoms with Crippen LogP contribution in [0.15, 0.2) is 0 Å². The quantitative estimate of drug-likeness (QED) is 0.767. The molecule has 2 atom stereocenters. The topological polar surface area (TPSA) is 55.6 Å². The van der Waals surface area contributed by atoms with Gasteiger partial charge in [0.1, 0.15) is 0 Å². The van der Waals surface area contributed by atoms with E-state index in [2.05, 4.69) is 0 Å². The van der Waals surface area contributed by atoms with Gasteiger partial charge < -0.3 is 15.4 Å². The lowest BCUT2D eigenvalue weighted by Gasteiger charge is -2.37. The van der Waals surface area contributed by atoms with Gasteiger partial charge in [0.2, 0.25) is 5.91 Å². The van der Waals surface area contributed by atoms with Gasteiger partial charge in [0.25, 0.3) is 0 Å². The predicted molar refractivity (Wildman–Crippen MR) is 61.9 cm³/mol. The van der Waals surface area contributed by atoms with E-state index in [1.165, 1.54) is 25.7 Å². The highest BCUT2D eigenvalue weighted by Gasteiger charge is 2.48. The first-order valence-corrected chi connectivity index (χ1v) is 6.18. The largest absolute Gasteiger partial charge is 0.384 e. The minimum absolute atomic E-state index is 0.0879. The van der Waals surface area contributed by atoms with Gasteiger partial charge in [-0.05, 0) is 18.8 Å². The minimum Gasteiger partial charge on any atom is -0.384 e. The van der Waals surface area contributed by atoms with Gasteiger partial charge in [0.15, 0.2) is 0 Å². The molecule has 0 spiro atoms. The molecule has 0 aromatic heterocycles. The SMILES string of the molecule is COCC12CCCCC1CN(C(=O)CN)C2. The van der Waals surface area contributed by atoms with Gasteiger partial charge in [-0.25, -0.2) is 0 Å². The molecule has 16 heavy (non-hydrogen) atoms. The number of amides is 1. The van der Waals surface area contributed by atoms with Gasteiger partial charge in [0.05, 0.1) is 13.2 Å². The highest BCUT2D eigenvalue weighted by Crippen LogP contribution is 2.46. The molecule has 2 rings (SSSR count). The van der Waals surface area contributed by atoms with Crippen molar-refractivity contribution in [1.82, 2.24) is 4.90 Å². The van der Waals surface area contributed by atoms with E-state index in [1.807, 2.05) is 4.90 Å².